The quantitative estimate of drug-likeness (QED) is 0.722. The van der Waals surface area contributed by atoms with E-state index in [0.717, 1.165) is 5.92 Å². The number of ether oxygens (including phenoxy) is 1. The number of hydrogen-bond acceptors (Lipinski definition) is 2. The second-order valence-corrected chi connectivity index (χ2v) is 4.70. The van der Waals surface area contributed by atoms with Gasteiger partial charge in [0.05, 0.1) is 12.2 Å². The summed E-state index contributed by atoms with van der Waals surface area (Å²) in [5.41, 5.74) is 0. The van der Waals surface area contributed by atoms with Gasteiger partial charge in [-0.3, -0.25) is 0 Å². The molecule has 0 bridgehead atoms. The van der Waals surface area contributed by atoms with Crippen molar-refractivity contribution in [2.24, 2.45) is 5.92 Å². The van der Waals surface area contributed by atoms with E-state index >= 15 is 0 Å². The van der Waals surface area contributed by atoms with Gasteiger partial charge in [0.25, 0.3) is 0 Å². The Morgan fingerprint density at radius 3 is 2.54 bits per heavy atom. The van der Waals surface area contributed by atoms with Gasteiger partial charge in [-0.1, -0.05) is 6.42 Å². The summed E-state index contributed by atoms with van der Waals surface area (Å²) < 4.78 is 5.70. The molecular formula is C11H21NO. The molecule has 3 atom stereocenters. The number of nitrogens with one attached hydrogen (secondary N) is 1. The van der Waals surface area contributed by atoms with Crippen LogP contribution in [-0.4, -0.2) is 24.8 Å². The summed E-state index contributed by atoms with van der Waals surface area (Å²) in [6.45, 7) is 5.56. The lowest BCUT2D eigenvalue weighted by atomic mass is 9.85. The standard InChI is InChI=1S/C11H21NO/c1-8-6-11(9(2)13-8)12-7-10-4-3-5-10/h8-12H,3-7H2,1-2H3. The Bertz CT molecular complexity index is 167. The van der Waals surface area contributed by atoms with E-state index in [1.54, 1.807) is 0 Å². The van der Waals surface area contributed by atoms with Crippen molar-refractivity contribution in [1.82, 2.24) is 5.32 Å². The Morgan fingerprint density at radius 2 is 2.08 bits per heavy atom. The molecule has 2 aliphatic rings. The van der Waals surface area contributed by atoms with Crippen molar-refractivity contribution in [3.63, 3.8) is 0 Å². The van der Waals surface area contributed by atoms with Crippen molar-refractivity contribution in [2.45, 2.75) is 57.8 Å². The van der Waals surface area contributed by atoms with Crippen LogP contribution in [0.3, 0.4) is 0 Å². The molecule has 2 rings (SSSR count). The summed E-state index contributed by atoms with van der Waals surface area (Å²) in [5.74, 6) is 0.961. The highest BCUT2D eigenvalue weighted by Gasteiger charge is 2.30. The molecule has 1 N–H and O–H groups in total. The van der Waals surface area contributed by atoms with E-state index in [2.05, 4.69) is 19.2 Å². The molecule has 3 unspecified atom stereocenters. The molecule has 0 radical (unpaired) electrons. The van der Waals surface area contributed by atoms with Crippen LogP contribution < -0.4 is 5.32 Å². The lowest BCUT2D eigenvalue weighted by Crippen LogP contribution is -2.39. The summed E-state index contributed by atoms with van der Waals surface area (Å²) in [7, 11) is 0. The number of hydrogen-bond donors (Lipinski definition) is 1. The van der Waals surface area contributed by atoms with E-state index in [4.69, 9.17) is 4.74 Å². The van der Waals surface area contributed by atoms with Gasteiger partial charge in [-0.15, -0.1) is 0 Å². The van der Waals surface area contributed by atoms with Crippen molar-refractivity contribution >= 4 is 0 Å². The van der Waals surface area contributed by atoms with Crippen LogP contribution in [0, 0.1) is 5.92 Å². The Morgan fingerprint density at radius 1 is 1.31 bits per heavy atom. The maximum absolute atomic E-state index is 5.70. The van der Waals surface area contributed by atoms with Gasteiger partial charge in [0.2, 0.25) is 0 Å². The number of rotatable bonds is 3. The molecule has 2 fully saturated rings. The Labute approximate surface area is 81.0 Å². The van der Waals surface area contributed by atoms with Crippen LogP contribution in [0.15, 0.2) is 0 Å². The van der Waals surface area contributed by atoms with Crippen LogP contribution in [-0.2, 0) is 4.74 Å². The molecule has 1 saturated heterocycles. The second kappa shape index (κ2) is 3.97. The van der Waals surface area contributed by atoms with Gasteiger partial charge in [-0.05, 0) is 45.6 Å². The molecule has 0 aromatic heterocycles. The normalized spacial score (nSPS) is 40.6. The summed E-state index contributed by atoms with van der Waals surface area (Å²) >= 11 is 0. The van der Waals surface area contributed by atoms with E-state index in [1.807, 2.05) is 0 Å². The zero-order chi connectivity index (χ0) is 9.26. The molecule has 76 valence electrons. The first-order valence-electron chi connectivity index (χ1n) is 5.64. The van der Waals surface area contributed by atoms with E-state index in [9.17, 15) is 0 Å². The van der Waals surface area contributed by atoms with Gasteiger partial charge >= 0.3 is 0 Å². The fourth-order valence-electron chi connectivity index (χ4n) is 2.33. The highest BCUT2D eigenvalue weighted by atomic mass is 16.5. The maximum atomic E-state index is 5.70. The zero-order valence-corrected chi connectivity index (χ0v) is 8.75. The summed E-state index contributed by atoms with van der Waals surface area (Å²) in [6, 6.07) is 0.607. The Balaban J connectivity index is 1.68. The fraction of sp³-hybridized carbons (Fsp3) is 1.00. The summed E-state index contributed by atoms with van der Waals surface area (Å²) in [6.07, 6.45) is 6.37. The Hall–Kier alpha value is -0.0800. The SMILES string of the molecule is CC1CC(NCC2CCC2)C(C)O1. The van der Waals surface area contributed by atoms with Gasteiger partial charge in [0.1, 0.15) is 0 Å². The van der Waals surface area contributed by atoms with E-state index < -0.39 is 0 Å². The molecule has 2 heteroatoms. The third-order valence-electron chi connectivity index (χ3n) is 3.49. The highest BCUT2D eigenvalue weighted by molar-refractivity contribution is 4.85. The predicted octanol–water partition coefficient (Wildman–Crippen LogP) is 1.94. The predicted molar refractivity (Wildman–Crippen MR) is 53.8 cm³/mol. The van der Waals surface area contributed by atoms with Crippen LogP contribution >= 0.6 is 0 Å². The molecule has 13 heavy (non-hydrogen) atoms. The molecule has 1 saturated carbocycles. The van der Waals surface area contributed by atoms with Gasteiger partial charge in [-0.25, -0.2) is 0 Å². The average Bonchev–Trinajstić information content (AvgIpc) is 2.27. The third-order valence-corrected chi connectivity index (χ3v) is 3.49. The van der Waals surface area contributed by atoms with E-state index in [-0.39, 0.29) is 0 Å². The minimum absolute atomic E-state index is 0.412. The molecular weight excluding hydrogens is 162 g/mol. The van der Waals surface area contributed by atoms with Crippen LogP contribution in [0.1, 0.15) is 39.5 Å². The van der Waals surface area contributed by atoms with Crippen molar-refractivity contribution in [3.8, 4) is 0 Å². The molecule has 2 nitrogen and oxygen atoms in total. The first kappa shape index (κ1) is 9.47. The van der Waals surface area contributed by atoms with Crippen LogP contribution in [0.25, 0.3) is 0 Å². The third kappa shape index (κ3) is 2.23. The topological polar surface area (TPSA) is 21.3 Å². The average molecular weight is 183 g/mol. The molecule has 0 amide bonds. The van der Waals surface area contributed by atoms with Crippen LogP contribution in [0.5, 0.6) is 0 Å². The molecule has 0 spiro atoms. The molecule has 1 aliphatic heterocycles. The minimum Gasteiger partial charge on any atom is -0.374 e. The fourth-order valence-corrected chi connectivity index (χ4v) is 2.33. The largest absolute Gasteiger partial charge is 0.374 e. The van der Waals surface area contributed by atoms with Gasteiger partial charge in [0, 0.05) is 6.04 Å². The lowest BCUT2D eigenvalue weighted by Gasteiger charge is -2.27. The first-order chi connectivity index (χ1) is 6.25. The lowest BCUT2D eigenvalue weighted by molar-refractivity contribution is 0.0598. The second-order valence-electron chi connectivity index (χ2n) is 4.70. The zero-order valence-electron chi connectivity index (χ0n) is 8.75. The maximum Gasteiger partial charge on any atom is 0.0704 e. The summed E-state index contributed by atoms with van der Waals surface area (Å²) in [4.78, 5) is 0. The smallest absolute Gasteiger partial charge is 0.0704 e. The van der Waals surface area contributed by atoms with E-state index in [0.29, 0.717) is 18.2 Å². The van der Waals surface area contributed by atoms with Crippen molar-refractivity contribution in [1.29, 1.82) is 0 Å². The van der Waals surface area contributed by atoms with Crippen molar-refractivity contribution in [3.05, 3.63) is 0 Å². The van der Waals surface area contributed by atoms with Crippen molar-refractivity contribution < 1.29 is 4.74 Å². The van der Waals surface area contributed by atoms with E-state index in [1.165, 1.54) is 32.2 Å². The first-order valence-corrected chi connectivity index (χ1v) is 5.64. The monoisotopic (exact) mass is 183 g/mol. The van der Waals surface area contributed by atoms with Crippen LogP contribution in [0.2, 0.25) is 0 Å². The molecule has 0 aromatic carbocycles. The highest BCUT2D eigenvalue weighted by Crippen LogP contribution is 2.26. The molecule has 1 heterocycles. The minimum atomic E-state index is 0.412. The van der Waals surface area contributed by atoms with Crippen molar-refractivity contribution in [2.75, 3.05) is 6.54 Å². The molecule has 1 aliphatic carbocycles. The summed E-state index contributed by atoms with van der Waals surface area (Å²) in [5, 5.41) is 3.64. The van der Waals surface area contributed by atoms with Gasteiger partial charge in [0.15, 0.2) is 0 Å². The molecule has 0 aromatic rings. The Kier molecular flexibility index (Phi) is 2.89. The van der Waals surface area contributed by atoms with Gasteiger partial charge in [-0.2, -0.15) is 0 Å². The van der Waals surface area contributed by atoms with Gasteiger partial charge < -0.3 is 10.1 Å². The van der Waals surface area contributed by atoms with Crippen LogP contribution in [0.4, 0.5) is 0 Å².